The molecule has 20 heavy (non-hydrogen) atoms. The lowest BCUT2D eigenvalue weighted by atomic mass is 10.3. The summed E-state index contributed by atoms with van der Waals surface area (Å²) in [7, 11) is 1.65. The number of halogens is 2. The highest BCUT2D eigenvalue weighted by atomic mass is 79.9. The summed E-state index contributed by atoms with van der Waals surface area (Å²) in [4.78, 5) is 0. The Hall–Kier alpha value is -1.15. The Morgan fingerprint density at radius 3 is 3.05 bits per heavy atom. The van der Waals surface area contributed by atoms with Crippen LogP contribution in [0.15, 0.2) is 27.1 Å². The predicted molar refractivity (Wildman–Crippen MR) is 80.3 cm³/mol. The van der Waals surface area contributed by atoms with Crippen molar-refractivity contribution in [3.8, 4) is 0 Å². The van der Waals surface area contributed by atoms with Crippen LogP contribution in [0.3, 0.4) is 0 Å². The first-order valence-corrected chi connectivity index (χ1v) is 7.10. The van der Waals surface area contributed by atoms with Crippen LogP contribution in [0.1, 0.15) is 5.89 Å². The van der Waals surface area contributed by atoms with Gasteiger partial charge in [-0.15, -0.1) is 5.10 Å². The zero-order chi connectivity index (χ0) is 14.4. The minimum Gasteiger partial charge on any atom is -0.406 e. The van der Waals surface area contributed by atoms with E-state index >= 15 is 0 Å². The van der Waals surface area contributed by atoms with Crippen LogP contribution < -0.4 is 10.6 Å². The zero-order valence-corrected chi connectivity index (χ0v) is 13.2. The average Bonchev–Trinajstić information content (AvgIpc) is 2.87. The van der Waals surface area contributed by atoms with Crippen LogP contribution in [0.2, 0.25) is 5.02 Å². The second-order valence-electron chi connectivity index (χ2n) is 3.92. The summed E-state index contributed by atoms with van der Waals surface area (Å²) in [5.41, 5.74) is 0.698. The van der Waals surface area contributed by atoms with Gasteiger partial charge in [0.1, 0.15) is 0 Å². The van der Waals surface area contributed by atoms with E-state index in [2.05, 4.69) is 36.8 Å². The normalized spacial score (nSPS) is 10.8. The molecule has 0 aliphatic rings. The lowest BCUT2D eigenvalue weighted by Crippen LogP contribution is -2.18. The number of hydrogen-bond acceptors (Lipinski definition) is 6. The molecule has 0 saturated carbocycles. The molecule has 0 bridgehead atoms. The van der Waals surface area contributed by atoms with Gasteiger partial charge in [-0.3, -0.25) is 0 Å². The molecule has 2 aromatic rings. The number of nitrogens with one attached hydrogen (secondary N) is 2. The first-order valence-electron chi connectivity index (χ1n) is 5.93. The molecular weight excluding hydrogens is 348 g/mol. The smallest absolute Gasteiger partial charge is 0.320 e. The highest BCUT2D eigenvalue weighted by Crippen LogP contribution is 2.28. The van der Waals surface area contributed by atoms with Crippen molar-refractivity contribution in [2.45, 2.75) is 6.54 Å². The maximum Gasteiger partial charge on any atom is 0.320 e. The SMILES string of the molecule is COCCNCc1nnc(Nc2cc(Br)ccc2Cl)o1. The Morgan fingerprint density at radius 2 is 2.25 bits per heavy atom. The monoisotopic (exact) mass is 360 g/mol. The molecule has 0 aliphatic carbocycles. The summed E-state index contributed by atoms with van der Waals surface area (Å²) >= 11 is 9.45. The van der Waals surface area contributed by atoms with Crippen molar-refractivity contribution < 1.29 is 9.15 Å². The van der Waals surface area contributed by atoms with Crippen LogP contribution in [0.4, 0.5) is 11.7 Å². The summed E-state index contributed by atoms with van der Waals surface area (Å²) in [5.74, 6) is 0.495. The molecule has 1 heterocycles. The standard InChI is InChI=1S/C12H14BrClN4O2/c1-19-5-4-15-7-11-17-18-12(20-11)16-10-6-8(13)2-3-9(10)14/h2-3,6,15H,4-5,7H2,1H3,(H,16,18). The largest absolute Gasteiger partial charge is 0.406 e. The van der Waals surface area contributed by atoms with Crippen LogP contribution in [0.5, 0.6) is 0 Å². The Labute approximate surface area is 130 Å². The first-order chi connectivity index (χ1) is 9.69. The van der Waals surface area contributed by atoms with Gasteiger partial charge in [0.25, 0.3) is 0 Å². The van der Waals surface area contributed by atoms with E-state index in [9.17, 15) is 0 Å². The van der Waals surface area contributed by atoms with Gasteiger partial charge in [-0.1, -0.05) is 32.6 Å². The molecule has 1 aromatic carbocycles. The van der Waals surface area contributed by atoms with Crippen molar-refractivity contribution in [1.29, 1.82) is 0 Å². The van der Waals surface area contributed by atoms with Gasteiger partial charge in [-0.25, -0.2) is 0 Å². The van der Waals surface area contributed by atoms with Crippen LogP contribution in [0.25, 0.3) is 0 Å². The molecule has 0 saturated heterocycles. The molecule has 0 spiro atoms. The van der Waals surface area contributed by atoms with Crippen molar-refractivity contribution in [2.75, 3.05) is 25.6 Å². The third kappa shape index (κ3) is 4.45. The van der Waals surface area contributed by atoms with Gasteiger partial charge in [0, 0.05) is 18.1 Å². The molecule has 0 atom stereocenters. The van der Waals surface area contributed by atoms with Crippen LogP contribution in [0, 0.1) is 0 Å². The molecule has 0 radical (unpaired) electrons. The van der Waals surface area contributed by atoms with Crippen molar-refractivity contribution in [3.05, 3.63) is 33.6 Å². The molecule has 108 valence electrons. The number of hydrogen-bond donors (Lipinski definition) is 2. The number of methoxy groups -OCH3 is 1. The minimum atomic E-state index is 0.300. The lowest BCUT2D eigenvalue weighted by molar-refractivity contribution is 0.198. The van der Waals surface area contributed by atoms with Gasteiger partial charge in [0.2, 0.25) is 5.89 Å². The van der Waals surface area contributed by atoms with Crippen molar-refractivity contribution in [1.82, 2.24) is 15.5 Å². The fourth-order valence-corrected chi connectivity index (χ4v) is 1.98. The van der Waals surface area contributed by atoms with Crippen LogP contribution in [-0.4, -0.2) is 30.5 Å². The maximum absolute atomic E-state index is 6.07. The molecular formula is C12H14BrClN4O2. The van der Waals surface area contributed by atoms with Gasteiger partial charge < -0.3 is 19.8 Å². The molecule has 0 fully saturated rings. The van der Waals surface area contributed by atoms with E-state index in [0.717, 1.165) is 11.0 Å². The van der Waals surface area contributed by atoms with E-state index in [4.69, 9.17) is 20.8 Å². The molecule has 8 heteroatoms. The second-order valence-corrected chi connectivity index (χ2v) is 5.24. The number of ether oxygens (including phenoxy) is 1. The molecule has 1 aromatic heterocycles. The number of anilines is 2. The topological polar surface area (TPSA) is 72.2 Å². The van der Waals surface area contributed by atoms with Crippen molar-refractivity contribution in [2.24, 2.45) is 0 Å². The Kier molecular flexibility index (Phi) is 5.78. The number of nitrogens with zero attached hydrogens (tertiary/aromatic N) is 2. The highest BCUT2D eigenvalue weighted by molar-refractivity contribution is 9.10. The third-order valence-electron chi connectivity index (χ3n) is 2.40. The fourth-order valence-electron chi connectivity index (χ4n) is 1.45. The number of benzene rings is 1. The molecule has 0 aliphatic heterocycles. The van der Waals surface area contributed by atoms with E-state index < -0.39 is 0 Å². The summed E-state index contributed by atoms with van der Waals surface area (Å²) < 4.78 is 11.3. The third-order valence-corrected chi connectivity index (χ3v) is 3.22. The fraction of sp³-hybridized carbons (Fsp3) is 0.333. The second kappa shape index (κ2) is 7.58. The summed E-state index contributed by atoms with van der Waals surface area (Å²) in [6.45, 7) is 1.84. The zero-order valence-electron chi connectivity index (χ0n) is 10.8. The van der Waals surface area contributed by atoms with Gasteiger partial charge >= 0.3 is 6.01 Å². The number of rotatable bonds is 7. The summed E-state index contributed by atoms with van der Waals surface area (Å²) in [5, 5.41) is 14.5. The van der Waals surface area contributed by atoms with E-state index in [-0.39, 0.29) is 0 Å². The Morgan fingerprint density at radius 1 is 1.40 bits per heavy atom. The highest BCUT2D eigenvalue weighted by Gasteiger charge is 2.08. The number of aromatic nitrogens is 2. The van der Waals surface area contributed by atoms with E-state index in [1.54, 1.807) is 13.2 Å². The van der Waals surface area contributed by atoms with Crippen molar-refractivity contribution in [3.63, 3.8) is 0 Å². The van der Waals surface area contributed by atoms with Gasteiger partial charge in [0.05, 0.1) is 23.9 Å². The van der Waals surface area contributed by atoms with Gasteiger partial charge in [-0.2, -0.15) is 0 Å². The molecule has 0 unspecified atom stereocenters. The molecule has 0 amide bonds. The molecule has 6 nitrogen and oxygen atoms in total. The van der Waals surface area contributed by atoms with E-state index in [1.165, 1.54) is 0 Å². The van der Waals surface area contributed by atoms with Crippen LogP contribution >= 0.6 is 27.5 Å². The summed E-state index contributed by atoms with van der Waals surface area (Å²) in [6, 6.07) is 5.76. The maximum atomic E-state index is 6.07. The lowest BCUT2D eigenvalue weighted by Gasteiger charge is -2.04. The van der Waals surface area contributed by atoms with Crippen molar-refractivity contribution >= 4 is 39.2 Å². The average molecular weight is 362 g/mol. The van der Waals surface area contributed by atoms with E-state index in [1.807, 2.05) is 12.1 Å². The van der Waals surface area contributed by atoms with Crippen LogP contribution in [-0.2, 0) is 11.3 Å². The Balaban J connectivity index is 1.93. The van der Waals surface area contributed by atoms with Gasteiger partial charge in [-0.05, 0) is 18.2 Å². The molecule has 2 N–H and O–H groups in total. The molecule has 2 rings (SSSR count). The Bertz CT molecular complexity index is 564. The quantitative estimate of drug-likeness (QED) is 0.739. The predicted octanol–water partition coefficient (Wildman–Crippen LogP) is 2.97. The minimum absolute atomic E-state index is 0.300. The summed E-state index contributed by atoms with van der Waals surface area (Å²) in [6.07, 6.45) is 0. The first kappa shape index (κ1) is 15.2. The van der Waals surface area contributed by atoms with Gasteiger partial charge in [0.15, 0.2) is 0 Å². The van der Waals surface area contributed by atoms with E-state index in [0.29, 0.717) is 35.8 Å².